The van der Waals surface area contributed by atoms with Crippen molar-refractivity contribution in [1.82, 2.24) is 4.90 Å². The van der Waals surface area contributed by atoms with E-state index < -0.39 is 26.5 Å². The second-order valence-corrected chi connectivity index (χ2v) is 13.9. The zero-order valence-corrected chi connectivity index (χ0v) is 23.4. The minimum Gasteiger partial charge on any atom is -0.460 e. The van der Waals surface area contributed by atoms with Crippen LogP contribution >= 0.6 is 0 Å². The van der Waals surface area contributed by atoms with Crippen LogP contribution in [0, 0.1) is 11.3 Å². The van der Waals surface area contributed by atoms with Gasteiger partial charge >= 0.3 is 12.1 Å². The van der Waals surface area contributed by atoms with Crippen LogP contribution in [0.3, 0.4) is 0 Å². The van der Waals surface area contributed by atoms with E-state index in [0.29, 0.717) is 19.4 Å². The Hall–Kier alpha value is -2.12. The topological polar surface area (TPSA) is 65.1 Å². The zero-order chi connectivity index (χ0) is 25.7. The number of ether oxygens (including phenoxy) is 2. The maximum absolute atomic E-state index is 13.4. The summed E-state index contributed by atoms with van der Waals surface area (Å²) in [6.07, 6.45) is 0.794. The van der Waals surface area contributed by atoms with Crippen LogP contribution in [0.5, 0.6) is 0 Å². The fourth-order valence-corrected chi connectivity index (χ4v) is 5.41. The summed E-state index contributed by atoms with van der Waals surface area (Å²) in [6, 6.07) is 9.63. The van der Waals surface area contributed by atoms with Crippen LogP contribution in [0.25, 0.3) is 0 Å². The van der Waals surface area contributed by atoms with E-state index in [1.165, 1.54) is 0 Å². The molecule has 1 heterocycles. The van der Waals surface area contributed by atoms with Crippen molar-refractivity contribution in [3.05, 3.63) is 48.0 Å². The molecular formula is C27H43NO5Si. The Morgan fingerprint density at radius 1 is 1.09 bits per heavy atom. The van der Waals surface area contributed by atoms with E-state index in [-0.39, 0.29) is 30.3 Å². The van der Waals surface area contributed by atoms with Gasteiger partial charge in [0.2, 0.25) is 0 Å². The van der Waals surface area contributed by atoms with E-state index in [9.17, 15) is 9.59 Å². The molecule has 1 fully saturated rings. The van der Waals surface area contributed by atoms with Gasteiger partial charge in [0.05, 0.1) is 0 Å². The fourth-order valence-electron chi connectivity index (χ4n) is 4.24. The van der Waals surface area contributed by atoms with Gasteiger partial charge in [0.25, 0.3) is 0 Å². The van der Waals surface area contributed by atoms with E-state index in [0.717, 1.165) is 11.1 Å². The van der Waals surface area contributed by atoms with E-state index in [1.807, 2.05) is 51.1 Å². The Kier molecular flexibility index (Phi) is 9.16. The van der Waals surface area contributed by atoms with Crippen LogP contribution in [-0.4, -0.2) is 43.9 Å². The molecule has 0 aliphatic carbocycles. The Labute approximate surface area is 207 Å². The first-order valence-electron chi connectivity index (χ1n) is 12.2. The van der Waals surface area contributed by atoms with Crippen LogP contribution in [-0.2, 0) is 25.3 Å². The van der Waals surface area contributed by atoms with E-state index in [2.05, 4.69) is 40.4 Å². The first-order valence-corrected chi connectivity index (χ1v) is 15.0. The normalized spacial score (nSPS) is 21.0. The lowest BCUT2D eigenvalue weighted by Gasteiger charge is -2.41. The molecule has 0 bridgehead atoms. The summed E-state index contributed by atoms with van der Waals surface area (Å²) >= 11 is 0. The highest BCUT2D eigenvalue weighted by molar-refractivity contribution is 6.48. The lowest BCUT2D eigenvalue weighted by atomic mass is 9.78. The fraction of sp³-hybridized carbons (Fsp3) is 0.630. The van der Waals surface area contributed by atoms with Gasteiger partial charge in [0.1, 0.15) is 12.2 Å². The number of hydrogen-bond acceptors (Lipinski definition) is 5. The van der Waals surface area contributed by atoms with Crippen molar-refractivity contribution >= 4 is 21.1 Å². The van der Waals surface area contributed by atoms with Crippen molar-refractivity contribution < 1.29 is 23.5 Å². The highest BCUT2D eigenvalue weighted by Gasteiger charge is 2.54. The van der Waals surface area contributed by atoms with Crippen molar-refractivity contribution in [1.29, 1.82) is 0 Å². The first kappa shape index (κ1) is 28.1. The average molecular weight is 490 g/mol. The summed E-state index contributed by atoms with van der Waals surface area (Å²) in [5.74, 6) is -0.0861. The van der Waals surface area contributed by atoms with Gasteiger partial charge in [-0.2, -0.15) is 0 Å². The number of amides is 1. The molecular weight excluding hydrogens is 446 g/mol. The highest BCUT2D eigenvalue weighted by atomic mass is 28.3. The Balaban J connectivity index is 2.29. The second-order valence-electron chi connectivity index (χ2n) is 11.6. The molecule has 1 amide bonds. The SMILES string of the molecule is C=C(CCC(=O)OC(C)(C)C)[C@]1(O[SiH](C)C)C[C@H](C(C)(C)C)CN1C(=O)OCc1ccccc1. The lowest BCUT2D eigenvalue weighted by Crippen LogP contribution is -2.52. The van der Waals surface area contributed by atoms with Crippen molar-refractivity contribution in [2.45, 2.75) is 91.8 Å². The zero-order valence-electron chi connectivity index (χ0n) is 22.3. The number of carbonyl (C=O) groups excluding carboxylic acids is 2. The molecule has 2 atom stereocenters. The number of likely N-dealkylation sites (tertiary alicyclic amines) is 1. The van der Waals surface area contributed by atoms with Gasteiger partial charge in [-0.3, -0.25) is 9.69 Å². The minimum absolute atomic E-state index is 0.0347. The maximum Gasteiger partial charge on any atom is 0.412 e. The van der Waals surface area contributed by atoms with E-state index in [4.69, 9.17) is 13.9 Å². The molecule has 0 spiro atoms. The summed E-state index contributed by atoms with van der Waals surface area (Å²) in [5, 5.41) is 0. The second kappa shape index (κ2) is 11.1. The number of nitrogens with zero attached hydrogens (tertiary/aromatic N) is 1. The summed E-state index contributed by atoms with van der Waals surface area (Å²) in [7, 11) is -1.60. The van der Waals surface area contributed by atoms with Gasteiger partial charge in [-0.25, -0.2) is 4.79 Å². The molecule has 0 radical (unpaired) electrons. The van der Waals surface area contributed by atoms with Gasteiger partial charge in [-0.15, -0.1) is 0 Å². The van der Waals surface area contributed by atoms with Crippen LogP contribution in [0.1, 0.15) is 66.4 Å². The predicted octanol–water partition coefficient (Wildman–Crippen LogP) is 6.07. The molecule has 1 aromatic rings. The molecule has 2 rings (SSSR count). The van der Waals surface area contributed by atoms with Gasteiger partial charge in [-0.05, 0) is 62.8 Å². The Morgan fingerprint density at radius 3 is 2.24 bits per heavy atom. The molecule has 190 valence electrons. The minimum atomic E-state index is -1.60. The summed E-state index contributed by atoms with van der Waals surface area (Å²) in [5.41, 5.74) is 0.0928. The predicted molar refractivity (Wildman–Crippen MR) is 138 cm³/mol. The molecule has 0 aromatic heterocycles. The monoisotopic (exact) mass is 489 g/mol. The summed E-state index contributed by atoms with van der Waals surface area (Å²) in [4.78, 5) is 27.5. The third-order valence-electron chi connectivity index (χ3n) is 6.05. The smallest absolute Gasteiger partial charge is 0.412 e. The number of hydrogen-bond donors (Lipinski definition) is 0. The molecule has 1 saturated heterocycles. The largest absolute Gasteiger partial charge is 0.460 e. The lowest BCUT2D eigenvalue weighted by molar-refractivity contribution is -0.154. The molecule has 0 saturated carbocycles. The quantitative estimate of drug-likeness (QED) is 0.252. The van der Waals surface area contributed by atoms with Gasteiger partial charge in [0.15, 0.2) is 14.8 Å². The van der Waals surface area contributed by atoms with Gasteiger partial charge in [-0.1, -0.05) is 57.7 Å². The standard InChI is InChI=1S/C27H43NO5Si/c1-20(15-16-23(29)32-26(5,6)7)27(33-34(8)9)17-22(25(2,3)4)18-28(27)24(30)31-19-21-13-11-10-12-14-21/h10-14,22,34H,1,15-19H2,2-9H3/t22-,27+/m0/s1. The molecule has 7 heteroatoms. The first-order chi connectivity index (χ1) is 15.6. The molecule has 34 heavy (non-hydrogen) atoms. The number of esters is 1. The van der Waals surface area contributed by atoms with E-state index in [1.54, 1.807) is 4.90 Å². The maximum atomic E-state index is 13.4. The molecule has 1 aliphatic rings. The van der Waals surface area contributed by atoms with Crippen molar-refractivity contribution in [3.63, 3.8) is 0 Å². The Morgan fingerprint density at radius 2 is 1.71 bits per heavy atom. The molecule has 1 aromatic carbocycles. The average Bonchev–Trinajstić information content (AvgIpc) is 3.10. The molecule has 0 unspecified atom stereocenters. The Bertz CT molecular complexity index is 856. The van der Waals surface area contributed by atoms with Gasteiger partial charge in [0, 0.05) is 19.4 Å². The number of benzene rings is 1. The third-order valence-corrected chi connectivity index (χ3v) is 6.91. The van der Waals surface area contributed by atoms with Crippen molar-refractivity contribution in [2.75, 3.05) is 6.54 Å². The highest BCUT2D eigenvalue weighted by Crippen LogP contribution is 2.47. The van der Waals surface area contributed by atoms with Crippen LogP contribution < -0.4 is 0 Å². The van der Waals surface area contributed by atoms with Crippen molar-refractivity contribution in [2.24, 2.45) is 11.3 Å². The third kappa shape index (κ3) is 7.70. The molecule has 0 N–H and O–H groups in total. The summed E-state index contributed by atoms with van der Waals surface area (Å²) in [6.45, 7) is 21.3. The van der Waals surface area contributed by atoms with Crippen molar-refractivity contribution in [3.8, 4) is 0 Å². The summed E-state index contributed by atoms with van der Waals surface area (Å²) < 4.78 is 17.8. The molecule has 1 aliphatic heterocycles. The van der Waals surface area contributed by atoms with Crippen LogP contribution in [0.2, 0.25) is 13.1 Å². The molecule has 6 nitrogen and oxygen atoms in total. The van der Waals surface area contributed by atoms with E-state index >= 15 is 0 Å². The van der Waals surface area contributed by atoms with Crippen LogP contribution in [0.4, 0.5) is 4.79 Å². The number of rotatable bonds is 8. The van der Waals surface area contributed by atoms with Gasteiger partial charge < -0.3 is 13.9 Å². The number of carbonyl (C=O) groups is 2. The van der Waals surface area contributed by atoms with Crippen LogP contribution in [0.15, 0.2) is 42.5 Å².